The van der Waals surface area contributed by atoms with Crippen molar-refractivity contribution in [3.05, 3.63) is 29.0 Å². The molecule has 0 amide bonds. The predicted octanol–water partition coefficient (Wildman–Crippen LogP) is 2.24. The molecule has 4 heteroatoms. The van der Waals surface area contributed by atoms with Gasteiger partial charge in [-0.05, 0) is 19.1 Å². The summed E-state index contributed by atoms with van der Waals surface area (Å²) in [7, 11) is 0. The van der Waals surface area contributed by atoms with Crippen LogP contribution in [0.4, 0.5) is 0 Å². The van der Waals surface area contributed by atoms with E-state index in [1.807, 2.05) is 19.1 Å². The first-order valence-corrected chi connectivity index (χ1v) is 4.45. The summed E-state index contributed by atoms with van der Waals surface area (Å²) in [5, 5.41) is 0.637. The van der Waals surface area contributed by atoms with Crippen LogP contribution in [0.1, 0.15) is 18.7 Å². The fourth-order valence-electron chi connectivity index (χ4n) is 1.24. The zero-order valence-corrected chi connectivity index (χ0v) is 7.97. The van der Waals surface area contributed by atoms with Gasteiger partial charge < -0.3 is 10.7 Å². The number of halogens is 1. The molecule has 0 saturated heterocycles. The quantitative estimate of drug-likeness (QED) is 0.733. The molecular formula is C9H10ClN3. The first kappa shape index (κ1) is 8.53. The van der Waals surface area contributed by atoms with Crippen LogP contribution in [-0.2, 0) is 0 Å². The van der Waals surface area contributed by atoms with Crippen LogP contribution in [0, 0.1) is 0 Å². The lowest BCUT2D eigenvalue weighted by Crippen LogP contribution is -2.06. The number of pyridine rings is 1. The molecule has 13 heavy (non-hydrogen) atoms. The van der Waals surface area contributed by atoms with Crippen molar-refractivity contribution >= 4 is 22.6 Å². The van der Waals surface area contributed by atoms with Gasteiger partial charge in [-0.25, -0.2) is 4.98 Å². The number of hydrogen-bond donors (Lipinski definition) is 2. The van der Waals surface area contributed by atoms with Gasteiger partial charge in [0, 0.05) is 12.2 Å². The molecule has 1 unspecified atom stereocenters. The van der Waals surface area contributed by atoms with Gasteiger partial charge in [0.1, 0.15) is 5.52 Å². The standard InChI is InChI=1S/C9H10ClN3/c1-5(11)7-2-3-8-9(13-7)6(10)4-12-8/h2-5,12H,11H2,1H3. The van der Waals surface area contributed by atoms with Crippen LogP contribution in [0.15, 0.2) is 18.3 Å². The van der Waals surface area contributed by atoms with Gasteiger partial charge in [-0.1, -0.05) is 11.6 Å². The summed E-state index contributed by atoms with van der Waals surface area (Å²) in [6.07, 6.45) is 1.73. The highest BCUT2D eigenvalue weighted by atomic mass is 35.5. The van der Waals surface area contributed by atoms with Crippen molar-refractivity contribution < 1.29 is 0 Å². The summed E-state index contributed by atoms with van der Waals surface area (Å²) < 4.78 is 0. The maximum Gasteiger partial charge on any atom is 0.107 e. The van der Waals surface area contributed by atoms with Crippen LogP contribution in [0.25, 0.3) is 11.0 Å². The molecule has 2 aromatic heterocycles. The Morgan fingerprint density at radius 1 is 1.54 bits per heavy atom. The Kier molecular flexibility index (Phi) is 1.98. The van der Waals surface area contributed by atoms with E-state index in [9.17, 15) is 0 Å². The molecule has 3 nitrogen and oxygen atoms in total. The average molecular weight is 196 g/mol. The van der Waals surface area contributed by atoms with E-state index in [1.165, 1.54) is 0 Å². The second kappa shape index (κ2) is 3.01. The summed E-state index contributed by atoms with van der Waals surface area (Å²) in [5.41, 5.74) is 8.29. The Morgan fingerprint density at radius 3 is 3.00 bits per heavy atom. The summed E-state index contributed by atoms with van der Waals surface area (Å²) >= 11 is 5.91. The predicted molar refractivity (Wildman–Crippen MR) is 53.7 cm³/mol. The second-order valence-corrected chi connectivity index (χ2v) is 3.46. The number of aromatic nitrogens is 2. The van der Waals surface area contributed by atoms with Crippen LogP contribution in [-0.4, -0.2) is 9.97 Å². The molecule has 0 aromatic carbocycles. The van der Waals surface area contributed by atoms with E-state index in [0.717, 1.165) is 16.7 Å². The maximum absolute atomic E-state index is 5.91. The highest BCUT2D eigenvalue weighted by Crippen LogP contribution is 2.22. The van der Waals surface area contributed by atoms with Gasteiger partial charge in [-0.3, -0.25) is 0 Å². The third kappa shape index (κ3) is 1.41. The molecule has 0 aliphatic heterocycles. The van der Waals surface area contributed by atoms with Gasteiger partial charge >= 0.3 is 0 Å². The zero-order valence-electron chi connectivity index (χ0n) is 7.21. The van der Waals surface area contributed by atoms with Gasteiger partial charge in [0.15, 0.2) is 0 Å². The summed E-state index contributed by atoms with van der Waals surface area (Å²) in [5.74, 6) is 0. The van der Waals surface area contributed by atoms with Crippen molar-refractivity contribution in [3.63, 3.8) is 0 Å². The third-order valence-corrected chi connectivity index (χ3v) is 2.25. The number of rotatable bonds is 1. The van der Waals surface area contributed by atoms with Gasteiger partial charge in [0.05, 0.1) is 16.2 Å². The molecule has 0 saturated carbocycles. The molecule has 2 rings (SSSR count). The molecular weight excluding hydrogens is 186 g/mol. The Hall–Kier alpha value is -1.06. The van der Waals surface area contributed by atoms with E-state index in [2.05, 4.69) is 9.97 Å². The molecule has 0 aliphatic carbocycles. The van der Waals surface area contributed by atoms with E-state index < -0.39 is 0 Å². The van der Waals surface area contributed by atoms with Crippen LogP contribution in [0.2, 0.25) is 5.02 Å². The van der Waals surface area contributed by atoms with E-state index in [1.54, 1.807) is 6.20 Å². The Bertz CT molecular complexity index is 433. The normalized spacial score (nSPS) is 13.5. The van der Waals surface area contributed by atoms with Crippen molar-refractivity contribution in [2.45, 2.75) is 13.0 Å². The van der Waals surface area contributed by atoms with Crippen LogP contribution in [0.3, 0.4) is 0 Å². The zero-order chi connectivity index (χ0) is 9.42. The molecule has 1 atom stereocenters. The monoisotopic (exact) mass is 195 g/mol. The molecule has 68 valence electrons. The lowest BCUT2D eigenvalue weighted by molar-refractivity contribution is 0.787. The van der Waals surface area contributed by atoms with Gasteiger partial charge in [-0.15, -0.1) is 0 Å². The smallest absolute Gasteiger partial charge is 0.107 e. The van der Waals surface area contributed by atoms with Crippen molar-refractivity contribution in [1.82, 2.24) is 9.97 Å². The largest absolute Gasteiger partial charge is 0.358 e. The van der Waals surface area contributed by atoms with E-state index in [-0.39, 0.29) is 6.04 Å². The van der Waals surface area contributed by atoms with Crippen LogP contribution < -0.4 is 5.73 Å². The van der Waals surface area contributed by atoms with Gasteiger partial charge in [0.2, 0.25) is 0 Å². The number of aromatic amines is 1. The van der Waals surface area contributed by atoms with Crippen molar-refractivity contribution in [3.8, 4) is 0 Å². The summed E-state index contributed by atoms with van der Waals surface area (Å²) in [4.78, 5) is 7.36. The minimum absolute atomic E-state index is 0.0598. The SMILES string of the molecule is CC(N)c1ccc2[nH]cc(Cl)c2n1. The third-order valence-electron chi connectivity index (χ3n) is 1.96. The van der Waals surface area contributed by atoms with Crippen molar-refractivity contribution in [2.75, 3.05) is 0 Å². The number of nitrogens with two attached hydrogens (primary N) is 1. The van der Waals surface area contributed by atoms with Crippen molar-refractivity contribution in [2.24, 2.45) is 5.73 Å². The lowest BCUT2D eigenvalue weighted by Gasteiger charge is -2.03. The number of fused-ring (bicyclic) bond motifs is 1. The first-order valence-electron chi connectivity index (χ1n) is 4.07. The Labute approximate surface area is 80.9 Å². The highest BCUT2D eigenvalue weighted by Gasteiger charge is 2.06. The van der Waals surface area contributed by atoms with E-state index in [0.29, 0.717) is 5.02 Å². The molecule has 0 spiro atoms. The molecule has 3 N–H and O–H groups in total. The van der Waals surface area contributed by atoms with Gasteiger partial charge in [-0.2, -0.15) is 0 Å². The average Bonchev–Trinajstić information content (AvgIpc) is 2.47. The fourth-order valence-corrected chi connectivity index (χ4v) is 1.43. The molecule has 0 bridgehead atoms. The number of hydrogen-bond acceptors (Lipinski definition) is 2. The molecule has 2 heterocycles. The lowest BCUT2D eigenvalue weighted by atomic mass is 10.2. The maximum atomic E-state index is 5.91. The van der Waals surface area contributed by atoms with Crippen molar-refractivity contribution in [1.29, 1.82) is 0 Å². The van der Waals surface area contributed by atoms with E-state index >= 15 is 0 Å². The second-order valence-electron chi connectivity index (χ2n) is 3.06. The minimum atomic E-state index is -0.0598. The Morgan fingerprint density at radius 2 is 2.31 bits per heavy atom. The number of H-pyrrole nitrogens is 1. The van der Waals surface area contributed by atoms with Crippen LogP contribution >= 0.6 is 11.6 Å². The molecule has 0 radical (unpaired) electrons. The number of nitrogens with one attached hydrogen (secondary N) is 1. The topological polar surface area (TPSA) is 54.7 Å². The highest BCUT2D eigenvalue weighted by molar-refractivity contribution is 6.35. The first-order chi connectivity index (χ1) is 6.18. The number of nitrogens with zero attached hydrogens (tertiary/aromatic N) is 1. The fraction of sp³-hybridized carbons (Fsp3) is 0.222. The molecule has 2 aromatic rings. The van der Waals surface area contributed by atoms with Gasteiger partial charge in [0.25, 0.3) is 0 Å². The summed E-state index contributed by atoms with van der Waals surface area (Å²) in [6, 6.07) is 3.78. The molecule has 0 aliphatic rings. The summed E-state index contributed by atoms with van der Waals surface area (Å²) in [6.45, 7) is 1.90. The van der Waals surface area contributed by atoms with E-state index in [4.69, 9.17) is 17.3 Å². The van der Waals surface area contributed by atoms with Crippen LogP contribution in [0.5, 0.6) is 0 Å². The minimum Gasteiger partial charge on any atom is -0.358 e. The Balaban J connectivity index is 2.66. The molecule has 0 fully saturated rings.